The highest BCUT2D eigenvalue weighted by Gasteiger charge is 2.47. The first kappa shape index (κ1) is 20.8. The Labute approximate surface area is 187 Å². The molecule has 0 saturated carbocycles. The third-order valence-corrected chi connectivity index (χ3v) is 8.64. The van der Waals surface area contributed by atoms with E-state index in [4.69, 9.17) is 0 Å². The number of nitrogens with zero attached hydrogens (tertiary/aromatic N) is 5. The van der Waals surface area contributed by atoms with Gasteiger partial charge in [-0.15, -0.1) is 0 Å². The second kappa shape index (κ2) is 7.83. The Balaban J connectivity index is 1.39. The van der Waals surface area contributed by atoms with Gasteiger partial charge in [-0.3, -0.25) is 14.7 Å². The van der Waals surface area contributed by atoms with E-state index < -0.39 is 15.6 Å². The number of aromatic nitrogens is 3. The molecule has 166 valence electrons. The zero-order valence-electron chi connectivity index (χ0n) is 17.9. The van der Waals surface area contributed by atoms with Gasteiger partial charge in [0.1, 0.15) is 5.82 Å². The Morgan fingerprint density at radius 1 is 1.00 bits per heavy atom. The zero-order valence-corrected chi connectivity index (χ0v) is 18.7. The molecule has 0 N–H and O–H groups in total. The molecule has 0 aliphatic carbocycles. The molecule has 1 saturated heterocycles. The summed E-state index contributed by atoms with van der Waals surface area (Å²) in [5.41, 5.74) is 1.24. The van der Waals surface area contributed by atoms with Gasteiger partial charge in [0.15, 0.2) is 0 Å². The predicted molar refractivity (Wildman–Crippen MR) is 119 cm³/mol. The number of benzene rings is 1. The Morgan fingerprint density at radius 2 is 1.72 bits per heavy atom. The van der Waals surface area contributed by atoms with Gasteiger partial charge in [-0.2, -0.15) is 9.40 Å². The average Bonchev–Trinajstić information content (AvgIpc) is 3.29. The lowest BCUT2D eigenvalue weighted by Crippen LogP contribution is -2.54. The fourth-order valence-corrected chi connectivity index (χ4v) is 6.47. The van der Waals surface area contributed by atoms with Gasteiger partial charge in [-0.05, 0) is 49.1 Å². The average molecular weight is 452 g/mol. The molecule has 1 amide bonds. The van der Waals surface area contributed by atoms with Gasteiger partial charge < -0.3 is 0 Å². The van der Waals surface area contributed by atoms with E-state index in [-0.39, 0.29) is 5.91 Å². The molecule has 0 bridgehead atoms. The van der Waals surface area contributed by atoms with Crippen LogP contribution in [0.3, 0.4) is 0 Å². The van der Waals surface area contributed by atoms with E-state index in [0.29, 0.717) is 43.8 Å². The fourth-order valence-electron chi connectivity index (χ4n) is 4.80. The molecule has 0 radical (unpaired) electrons. The first-order chi connectivity index (χ1) is 15.4. The maximum atomic E-state index is 13.2. The molecule has 1 spiro atoms. The van der Waals surface area contributed by atoms with Crippen LogP contribution in [-0.2, 0) is 26.9 Å². The molecular formula is C23H25N5O3S. The Bertz CT molecular complexity index is 1250. The number of hydrogen-bond acceptors (Lipinski definition) is 5. The summed E-state index contributed by atoms with van der Waals surface area (Å²) in [4.78, 5) is 19.4. The smallest absolute Gasteiger partial charge is 0.243 e. The number of pyridine rings is 1. The van der Waals surface area contributed by atoms with Crippen LogP contribution < -0.4 is 4.90 Å². The summed E-state index contributed by atoms with van der Waals surface area (Å²) < 4.78 is 29.9. The number of anilines is 1. The minimum atomic E-state index is -3.57. The van der Waals surface area contributed by atoms with Gasteiger partial charge >= 0.3 is 0 Å². The fraction of sp³-hybridized carbons (Fsp3) is 0.348. The second-order valence-electron chi connectivity index (χ2n) is 8.51. The van der Waals surface area contributed by atoms with Crippen LogP contribution >= 0.6 is 0 Å². The maximum absolute atomic E-state index is 13.2. The molecule has 5 rings (SSSR count). The first-order valence-electron chi connectivity index (χ1n) is 10.7. The summed E-state index contributed by atoms with van der Waals surface area (Å²) in [5.74, 6) is 0.790. The van der Waals surface area contributed by atoms with Crippen LogP contribution in [0, 0.1) is 6.92 Å². The van der Waals surface area contributed by atoms with Crippen LogP contribution in [0.1, 0.15) is 30.4 Å². The number of fused-ring (bicyclic) bond motifs is 2. The molecule has 2 aliphatic heterocycles. The van der Waals surface area contributed by atoms with Crippen molar-refractivity contribution in [3.05, 3.63) is 72.2 Å². The minimum absolute atomic E-state index is 0.0324. The van der Waals surface area contributed by atoms with Crippen LogP contribution in [0.4, 0.5) is 5.82 Å². The van der Waals surface area contributed by atoms with Crippen LogP contribution in [0.2, 0.25) is 0 Å². The molecule has 1 fully saturated rings. The van der Waals surface area contributed by atoms with Crippen molar-refractivity contribution < 1.29 is 13.2 Å². The molecule has 3 aromatic rings. The highest BCUT2D eigenvalue weighted by Crippen LogP contribution is 2.42. The largest absolute Gasteiger partial charge is 0.292 e. The summed E-state index contributed by atoms with van der Waals surface area (Å²) in [5, 5.41) is 4.56. The maximum Gasteiger partial charge on any atom is 0.243 e. The van der Waals surface area contributed by atoms with Crippen molar-refractivity contribution in [3.63, 3.8) is 0 Å². The normalized spacial score (nSPS) is 18.7. The number of rotatable bonds is 4. The summed E-state index contributed by atoms with van der Waals surface area (Å²) in [7, 11) is -3.57. The molecule has 32 heavy (non-hydrogen) atoms. The van der Waals surface area contributed by atoms with E-state index in [1.165, 1.54) is 4.31 Å². The van der Waals surface area contributed by atoms with E-state index in [0.717, 1.165) is 16.9 Å². The summed E-state index contributed by atoms with van der Waals surface area (Å²) in [6, 6.07) is 12.7. The number of carbonyl (C=O) groups is 1. The van der Waals surface area contributed by atoms with Gasteiger partial charge in [0.25, 0.3) is 0 Å². The third kappa shape index (κ3) is 3.41. The standard InChI is InChI=1S/C23H25N5O3S/c1-18-4-2-3-5-20(18)32(30,31)26-14-9-23(10-15-26)16-22(29)27(21-8-13-25-28(21)23)17-19-6-11-24-12-7-19/h2-8,11-13H,9-10,14-17H2,1H3. The van der Waals surface area contributed by atoms with Crippen molar-refractivity contribution in [2.45, 2.75) is 43.2 Å². The van der Waals surface area contributed by atoms with Crippen LogP contribution in [0.25, 0.3) is 0 Å². The number of carbonyl (C=O) groups excluding carboxylic acids is 1. The highest BCUT2D eigenvalue weighted by molar-refractivity contribution is 7.89. The zero-order chi connectivity index (χ0) is 22.3. The van der Waals surface area contributed by atoms with Crippen LogP contribution in [-0.4, -0.2) is 46.5 Å². The lowest BCUT2D eigenvalue weighted by molar-refractivity contribution is -0.122. The number of amides is 1. The van der Waals surface area contributed by atoms with Crippen molar-refractivity contribution >= 4 is 21.7 Å². The van der Waals surface area contributed by atoms with Gasteiger partial charge in [0, 0.05) is 31.5 Å². The lowest BCUT2D eigenvalue weighted by Gasteiger charge is -2.46. The SMILES string of the molecule is Cc1ccccc1S(=O)(=O)N1CCC2(CC1)CC(=O)N(Cc1ccncc1)c1ccnn12. The second-order valence-corrected chi connectivity index (χ2v) is 10.4. The molecule has 2 aliphatic rings. The molecule has 4 heterocycles. The van der Waals surface area contributed by atoms with E-state index in [2.05, 4.69) is 10.1 Å². The van der Waals surface area contributed by atoms with Crippen molar-refractivity contribution in [2.75, 3.05) is 18.0 Å². The molecule has 8 nitrogen and oxygen atoms in total. The van der Waals surface area contributed by atoms with E-state index in [1.54, 1.807) is 35.6 Å². The Morgan fingerprint density at radius 3 is 2.44 bits per heavy atom. The van der Waals surface area contributed by atoms with Crippen molar-refractivity contribution in [1.82, 2.24) is 19.1 Å². The summed E-state index contributed by atoms with van der Waals surface area (Å²) >= 11 is 0. The van der Waals surface area contributed by atoms with Gasteiger partial charge in [-0.1, -0.05) is 18.2 Å². The highest BCUT2D eigenvalue weighted by atomic mass is 32.2. The third-order valence-electron chi connectivity index (χ3n) is 6.58. The summed E-state index contributed by atoms with van der Waals surface area (Å²) in [6.07, 6.45) is 6.54. The number of piperidine rings is 1. The van der Waals surface area contributed by atoms with E-state index in [1.807, 2.05) is 41.9 Å². The van der Waals surface area contributed by atoms with Gasteiger partial charge in [-0.25, -0.2) is 13.1 Å². The monoisotopic (exact) mass is 451 g/mol. The molecule has 0 atom stereocenters. The minimum Gasteiger partial charge on any atom is -0.292 e. The molecule has 2 aromatic heterocycles. The van der Waals surface area contributed by atoms with Crippen molar-refractivity contribution in [1.29, 1.82) is 0 Å². The Hall–Kier alpha value is -3.04. The predicted octanol–water partition coefficient (Wildman–Crippen LogP) is 2.70. The number of sulfonamides is 1. The molecular weight excluding hydrogens is 426 g/mol. The van der Waals surface area contributed by atoms with E-state index in [9.17, 15) is 13.2 Å². The number of hydrogen-bond donors (Lipinski definition) is 0. The molecule has 1 aromatic carbocycles. The summed E-state index contributed by atoms with van der Waals surface area (Å²) in [6.45, 7) is 2.98. The van der Waals surface area contributed by atoms with Gasteiger partial charge in [0.2, 0.25) is 15.9 Å². The Kier molecular flexibility index (Phi) is 5.10. The molecule has 9 heteroatoms. The number of aryl methyl sites for hydroxylation is 1. The van der Waals surface area contributed by atoms with Crippen molar-refractivity contribution in [3.8, 4) is 0 Å². The topological polar surface area (TPSA) is 88.4 Å². The lowest BCUT2D eigenvalue weighted by atomic mass is 9.83. The molecule has 0 unspecified atom stereocenters. The quantitative estimate of drug-likeness (QED) is 0.609. The van der Waals surface area contributed by atoms with Crippen LogP contribution in [0.5, 0.6) is 0 Å². The van der Waals surface area contributed by atoms with E-state index >= 15 is 0 Å². The van der Waals surface area contributed by atoms with Crippen LogP contribution in [0.15, 0.2) is 66.0 Å². The van der Waals surface area contributed by atoms with Crippen molar-refractivity contribution in [2.24, 2.45) is 0 Å². The van der Waals surface area contributed by atoms with Gasteiger partial charge in [0.05, 0.1) is 29.6 Å². The first-order valence-corrected chi connectivity index (χ1v) is 12.1.